The minimum absolute atomic E-state index is 0.0469. The molecule has 2 aliphatic heterocycles. The van der Waals surface area contributed by atoms with Gasteiger partial charge in [-0.2, -0.15) is 13.2 Å². The molecule has 2 heterocycles. The molecule has 0 aliphatic carbocycles. The van der Waals surface area contributed by atoms with E-state index in [2.05, 4.69) is 4.99 Å². The number of halogens is 4. The minimum atomic E-state index is -4.27. The number of fused-ring (bicyclic) bond motifs is 2. The highest BCUT2D eigenvalue weighted by molar-refractivity contribution is 6.30. The lowest BCUT2D eigenvalue weighted by Crippen LogP contribution is -2.26. The number of hydrogen-bond donors (Lipinski definition) is 0. The number of nitrogens with zero attached hydrogens (tertiary/aromatic N) is 2. The van der Waals surface area contributed by atoms with Gasteiger partial charge >= 0.3 is 6.18 Å². The molecule has 0 aromatic heterocycles. The summed E-state index contributed by atoms with van der Waals surface area (Å²) in [6.07, 6.45) is -1.55. The molecule has 0 saturated heterocycles. The van der Waals surface area contributed by atoms with E-state index in [0.29, 0.717) is 11.6 Å². The third-order valence-corrected chi connectivity index (χ3v) is 3.56. The molecule has 0 radical (unpaired) electrons. The number of rotatable bonds is 0. The predicted molar refractivity (Wildman–Crippen MR) is 67.7 cm³/mol. The molecule has 1 aromatic rings. The second-order valence-electron chi connectivity index (χ2n) is 4.65. The number of hydrogen-bond acceptors (Lipinski definition) is 2. The summed E-state index contributed by atoms with van der Waals surface area (Å²) in [6.45, 7) is 0.389. The van der Waals surface area contributed by atoms with E-state index in [1.165, 1.54) is 6.20 Å². The van der Waals surface area contributed by atoms with Crippen molar-refractivity contribution in [2.45, 2.75) is 25.2 Å². The van der Waals surface area contributed by atoms with Gasteiger partial charge in [0, 0.05) is 30.4 Å². The highest BCUT2D eigenvalue weighted by atomic mass is 35.5. The summed E-state index contributed by atoms with van der Waals surface area (Å²) in [6, 6.07) is 4.93. The standard InChI is InChI=1S/C13H10ClF3N2/c14-10-1-2-12-8(3-10)6-19-7-9(13(15,16)17)4-11(19)5-18-12/h1-3,5,7,11H,4,6H2. The van der Waals surface area contributed by atoms with Gasteiger partial charge in [-0.1, -0.05) is 11.6 Å². The van der Waals surface area contributed by atoms with Crippen molar-refractivity contribution in [2.75, 3.05) is 0 Å². The smallest absolute Gasteiger partial charge is 0.365 e. The van der Waals surface area contributed by atoms with Gasteiger partial charge in [-0.15, -0.1) is 0 Å². The lowest BCUT2D eigenvalue weighted by molar-refractivity contribution is -0.0931. The zero-order valence-electron chi connectivity index (χ0n) is 9.78. The van der Waals surface area contributed by atoms with E-state index in [1.807, 2.05) is 0 Å². The van der Waals surface area contributed by atoms with Crippen LogP contribution in [-0.4, -0.2) is 23.3 Å². The van der Waals surface area contributed by atoms with Gasteiger partial charge in [-0.25, -0.2) is 0 Å². The third kappa shape index (κ3) is 2.34. The van der Waals surface area contributed by atoms with Crippen LogP contribution in [0.15, 0.2) is 35.0 Å². The Labute approximate surface area is 113 Å². The van der Waals surface area contributed by atoms with Crippen molar-refractivity contribution in [1.29, 1.82) is 0 Å². The summed E-state index contributed by atoms with van der Waals surface area (Å²) < 4.78 is 38.1. The van der Waals surface area contributed by atoms with Gasteiger partial charge in [0.15, 0.2) is 0 Å². The van der Waals surface area contributed by atoms with Gasteiger partial charge in [0.25, 0.3) is 0 Å². The fourth-order valence-corrected chi connectivity index (χ4v) is 2.55. The van der Waals surface area contributed by atoms with E-state index in [-0.39, 0.29) is 12.5 Å². The topological polar surface area (TPSA) is 15.6 Å². The molecular weight excluding hydrogens is 277 g/mol. The molecule has 100 valence electrons. The molecule has 0 spiro atoms. The molecule has 2 aliphatic rings. The Morgan fingerprint density at radius 2 is 2.11 bits per heavy atom. The number of alkyl halides is 3. The van der Waals surface area contributed by atoms with Crippen LogP contribution in [0.5, 0.6) is 0 Å². The van der Waals surface area contributed by atoms with E-state index in [4.69, 9.17) is 11.6 Å². The van der Waals surface area contributed by atoms with E-state index in [9.17, 15) is 13.2 Å². The Balaban J connectivity index is 1.94. The molecule has 3 rings (SSSR count). The zero-order chi connectivity index (χ0) is 13.6. The van der Waals surface area contributed by atoms with Crippen LogP contribution < -0.4 is 0 Å². The second kappa shape index (κ2) is 4.27. The quantitative estimate of drug-likeness (QED) is 0.702. The van der Waals surface area contributed by atoms with Crippen molar-refractivity contribution < 1.29 is 13.2 Å². The average molecular weight is 287 g/mol. The Morgan fingerprint density at radius 1 is 1.32 bits per heavy atom. The summed E-state index contributed by atoms with van der Waals surface area (Å²) in [7, 11) is 0. The average Bonchev–Trinajstić information content (AvgIpc) is 2.64. The van der Waals surface area contributed by atoms with Crippen LogP contribution in [0.1, 0.15) is 12.0 Å². The maximum Gasteiger partial charge on any atom is 0.414 e. The van der Waals surface area contributed by atoms with Crippen molar-refractivity contribution in [2.24, 2.45) is 4.99 Å². The lowest BCUT2D eigenvalue weighted by Gasteiger charge is -2.20. The lowest BCUT2D eigenvalue weighted by atomic mass is 10.1. The second-order valence-corrected chi connectivity index (χ2v) is 5.08. The molecule has 1 atom stereocenters. The van der Waals surface area contributed by atoms with E-state index in [0.717, 1.165) is 11.3 Å². The van der Waals surface area contributed by atoms with Gasteiger partial charge in [0.1, 0.15) is 0 Å². The summed E-state index contributed by atoms with van der Waals surface area (Å²) in [4.78, 5) is 5.92. The molecule has 2 nitrogen and oxygen atoms in total. The van der Waals surface area contributed by atoms with E-state index >= 15 is 0 Å². The Morgan fingerprint density at radius 3 is 2.84 bits per heavy atom. The first kappa shape index (κ1) is 12.5. The van der Waals surface area contributed by atoms with Crippen molar-refractivity contribution >= 4 is 23.5 Å². The van der Waals surface area contributed by atoms with Crippen LogP contribution >= 0.6 is 11.6 Å². The van der Waals surface area contributed by atoms with Gasteiger partial charge in [-0.3, -0.25) is 4.99 Å². The van der Waals surface area contributed by atoms with Gasteiger partial charge in [0.2, 0.25) is 0 Å². The van der Waals surface area contributed by atoms with Crippen LogP contribution in [0.25, 0.3) is 0 Å². The monoisotopic (exact) mass is 286 g/mol. The Hall–Kier alpha value is -1.49. The maximum absolute atomic E-state index is 12.7. The van der Waals surface area contributed by atoms with Crippen LogP contribution in [0.2, 0.25) is 5.02 Å². The van der Waals surface area contributed by atoms with Crippen molar-refractivity contribution in [3.8, 4) is 0 Å². The molecule has 0 amide bonds. The van der Waals surface area contributed by atoms with E-state index < -0.39 is 11.7 Å². The summed E-state index contributed by atoms with van der Waals surface area (Å²) >= 11 is 5.91. The first-order valence-electron chi connectivity index (χ1n) is 5.80. The van der Waals surface area contributed by atoms with Crippen LogP contribution in [0, 0.1) is 0 Å². The van der Waals surface area contributed by atoms with Crippen LogP contribution in [0.4, 0.5) is 18.9 Å². The molecule has 19 heavy (non-hydrogen) atoms. The first-order chi connectivity index (χ1) is 8.93. The highest BCUT2D eigenvalue weighted by Gasteiger charge is 2.40. The summed E-state index contributed by atoms with van der Waals surface area (Å²) in [5.74, 6) is 0. The molecular formula is C13H10ClF3N2. The maximum atomic E-state index is 12.7. The van der Waals surface area contributed by atoms with Gasteiger partial charge < -0.3 is 4.90 Å². The normalized spacial score (nSPS) is 21.8. The summed E-state index contributed by atoms with van der Waals surface area (Å²) in [5, 5.41) is 0.562. The minimum Gasteiger partial charge on any atom is -0.365 e. The number of benzene rings is 1. The van der Waals surface area contributed by atoms with Crippen LogP contribution in [-0.2, 0) is 6.54 Å². The Kier molecular flexibility index (Phi) is 2.82. The molecule has 0 N–H and O–H groups in total. The fraction of sp³-hybridized carbons (Fsp3) is 0.308. The highest BCUT2D eigenvalue weighted by Crippen LogP contribution is 2.37. The molecule has 0 saturated carbocycles. The van der Waals surface area contributed by atoms with E-state index in [1.54, 1.807) is 29.3 Å². The van der Waals surface area contributed by atoms with Crippen molar-refractivity contribution in [3.63, 3.8) is 0 Å². The van der Waals surface area contributed by atoms with Gasteiger partial charge in [-0.05, 0) is 23.8 Å². The number of aliphatic imine (C=N–C) groups is 1. The van der Waals surface area contributed by atoms with Gasteiger partial charge in [0.05, 0.1) is 17.3 Å². The van der Waals surface area contributed by atoms with Crippen molar-refractivity contribution in [3.05, 3.63) is 40.6 Å². The third-order valence-electron chi connectivity index (χ3n) is 3.32. The molecule has 6 heteroatoms. The predicted octanol–water partition coefficient (Wildman–Crippen LogP) is 4.08. The SMILES string of the molecule is FC(F)(F)C1=CN2Cc3cc(Cl)ccc3N=CC2C1. The Bertz CT molecular complexity index is 578. The molecule has 0 fully saturated rings. The molecule has 1 unspecified atom stereocenters. The molecule has 1 aromatic carbocycles. The fourth-order valence-electron chi connectivity index (χ4n) is 2.35. The molecule has 0 bridgehead atoms. The first-order valence-corrected chi connectivity index (χ1v) is 6.17. The zero-order valence-corrected chi connectivity index (χ0v) is 10.5. The van der Waals surface area contributed by atoms with Crippen LogP contribution in [0.3, 0.4) is 0 Å². The van der Waals surface area contributed by atoms with Crippen molar-refractivity contribution in [1.82, 2.24) is 4.90 Å². The summed E-state index contributed by atoms with van der Waals surface area (Å²) in [5.41, 5.74) is 1.10. The largest absolute Gasteiger partial charge is 0.414 e.